The molecule has 0 aliphatic carbocycles. The van der Waals surface area contributed by atoms with Crippen molar-refractivity contribution in [2.75, 3.05) is 18.4 Å². The Morgan fingerprint density at radius 1 is 1.24 bits per heavy atom. The molecule has 0 unspecified atom stereocenters. The molecule has 1 aromatic rings. The second-order valence-electron chi connectivity index (χ2n) is 5.13. The molecule has 1 N–H and O–H groups in total. The highest BCUT2D eigenvalue weighted by atomic mass is 32.1. The summed E-state index contributed by atoms with van der Waals surface area (Å²) in [6, 6.07) is 0. The van der Waals surface area contributed by atoms with Gasteiger partial charge in [0.25, 0.3) is 0 Å². The first kappa shape index (κ1) is 15.6. The highest BCUT2D eigenvalue weighted by Crippen LogP contribution is 2.23. The average Bonchev–Trinajstić information content (AvgIpc) is 3.05. The Hall–Kier alpha value is -1.76. The summed E-state index contributed by atoms with van der Waals surface area (Å²) in [6.07, 6.45) is 2.45. The molecule has 0 bridgehead atoms. The first-order valence-electron chi connectivity index (χ1n) is 7.03. The van der Waals surface area contributed by atoms with E-state index in [-0.39, 0.29) is 30.4 Å². The van der Waals surface area contributed by atoms with Crippen molar-refractivity contribution in [3.05, 3.63) is 10.6 Å². The van der Waals surface area contributed by atoms with Gasteiger partial charge in [-0.25, -0.2) is 4.98 Å². The van der Waals surface area contributed by atoms with E-state index in [0.717, 1.165) is 25.9 Å². The van der Waals surface area contributed by atoms with Crippen molar-refractivity contribution in [1.29, 1.82) is 0 Å². The molecular formula is C14H19N3O3S. The van der Waals surface area contributed by atoms with Gasteiger partial charge in [0.2, 0.25) is 11.8 Å². The minimum absolute atomic E-state index is 0.0300. The molecule has 6 nitrogen and oxygen atoms in total. The fourth-order valence-electron chi connectivity index (χ4n) is 2.30. The molecule has 0 spiro atoms. The zero-order chi connectivity index (χ0) is 15.4. The van der Waals surface area contributed by atoms with Crippen LogP contribution in [-0.4, -0.2) is 40.6 Å². The Labute approximate surface area is 127 Å². The zero-order valence-corrected chi connectivity index (χ0v) is 13.1. The molecule has 114 valence electrons. The van der Waals surface area contributed by atoms with Crippen LogP contribution in [-0.2, 0) is 9.59 Å². The number of carbonyl (C=O) groups is 3. The SMILES string of the molecule is CC(=O)c1sc(NC(=O)CCC(=O)N2CCCC2)nc1C. The molecule has 2 heterocycles. The van der Waals surface area contributed by atoms with Crippen molar-refractivity contribution < 1.29 is 14.4 Å². The predicted octanol–water partition coefficient (Wildman–Crippen LogP) is 2.00. The summed E-state index contributed by atoms with van der Waals surface area (Å²) in [5.41, 5.74) is 0.621. The van der Waals surface area contributed by atoms with Gasteiger partial charge in [-0.15, -0.1) is 0 Å². The number of aromatic nitrogens is 1. The Bertz CT molecular complexity index is 562. The molecule has 0 saturated carbocycles. The Morgan fingerprint density at radius 2 is 1.90 bits per heavy atom. The second kappa shape index (κ2) is 6.80. The van der Waals surface area contributed by atoms with Crippen LogP contribution in [0.25, 0.3) is 0 Å². The van der Waals surface area contributed by atoms with Crippen LogP contribution in [0.1, 0.15) is 48.0 Å². The van der Waals surface area contributed by atoms with Crippen LogP contribution in [0, 0.1) is 6.92 Å². The van der Waals surface area contributed by atoms with Crippen LogP contribution in [0.4, 0.5) is 5.13 Å². The maximum absolute atomic E-state index is 11.8. The van der Waals surface area contributed by atoms with Crippen LogP contribution in [0.3, 0.4) is 0 Å². The third-order valence-electron chi connectivity index (χ3n) is 3.39. The quantitative estimate of drug-likeness (QED) is 0.844. The molecule has 2 amide bonds. The summed E-state index contributed by atoms with van der Waals surface area (Å²) in [4.78, 5) is 41.5. The number of nitrogens with zero attached hydrogens (tertiary/aromatic N) is 2. The lowest BCUT2D eigenvalue weighted by molar-refractivity contribution is -0.131. The number of rotatable bonds is 5. The summed E-state index contributed by atoms with van der Waals surface area (Å²) in [6.45, 7) is 4.81. The lowest BCUT2D eigenvalue weighted by atomic mass is 10.2. The van der Waals surface area contributed by atoms with Crippen LogP contribution >= 0.6 is 11.3 Å². The maximum atomic E-state index is 11.8. The molecule has 1 aromatic heterocycles. The van der Waals surface area contributed by atoms with Gasteiger partial charge in [0, 0.05) is 32.9 Å². The fraction of sp³-hybridized carbons (Fsp3) is 0.571. The predicted molar refractivity (Wildman–Crippen MR) is 80.5 cm³/mol. The van der Waals surface area contributed by atoms with Gasteiger partial charge in [0.05, 0.1) is 10.6 Å². The summed E-state index contributed by atoms with van der Waals surface area (Å²) >= 11 is 1.17. The highest BCUT2D eigenvalue weighted by Gasteiger charge is 2.19. The first-order valence-corrected chi connectivity index (χ1v) is 7.85. The van der Waals surface area contributed by atoms with Gasteiger partial charge in [0.1, 0.15) is 0 Å². The maximum Gasteiger partial charge on any atom is 0.226 e. The number of amides is 2. The number of hydrogen-bond acceptors (Lipinski definition) is 5. The Kier molecular flexibility index (Phi) is 5.06. The van der Waals surface area contributed by atoms with Gasteiger partial charge in [-0.2, -0.15) is 0 Å². The van der Waals surface area contributed by atoms with Gasteiger partial charge in [0.15, 0.2) is 10.9 Å². The number of ketones is 1. The Morgan fingerprint density at radius 3 is 2.48 bits per heavy atom. The van der Waals surface area contributed by atoms with E-state index in [9.17, 15) is 14.4 Å². The van der Waals surface area contributed by atoms with Gasteiger partial charge in [-0.3, -0.25) is 14.4 Å². The topological polar surface area (TPSA) is 79.4 Å². The minimum Gasteiger partial charge on any atom is -0.343 e. The van der Waals surface area contributed by atoms with Crippen LogP contribution in [0.5, 0.6) is 0 Å². The number of likely N-dealkylation sites (tertiary alicyclic amines) is 1. The fourth-order valence-corrected chi connectivity index (χ4v) is 3.18. The van der Waals surface area contributed by atoms with Crippen LogP contribution in [0.2, 0.25) is 0 Å². The second-order valence-corrected chi connectivity index (χ2v) is 6.12. The molecule has 0 aromatic carbocycles. The molecule has 0 radical (unpaired) electrons. The minimum atomic E-state index is -0.244. The van der Waals surface area contributed by atoms with Crippen molar-refractivity contribution in [1.82, 2.24) is 9.88 Å². The summed E-state index contributed by atoms with van der Waals surface area (Å²) < 4.78 is 0. The standard InChI is InChI=1S/C14H19N3O3S/c1-9-13(10(2)18)21-14(15-9)16-11(19)5-6-12(20)17-7-3-4-8-17/h3-8H2,1-2H3,(H,15,16,19). The zero-order valence-electron chi connectivity index (χ0n) is 12.3. The smallest absolute Gasteiger partial charge is 0.226 e. The molecule has 7 heteroatoms. The lowest BCUT2D eigenvalue weighted by Gasteiger charge is -2.14. The number of thiazole rings is 1. The van der Waals surface area contributed by atoms with Crippen LogP contribution in [0.15, 0.2) is 0 Å². The van der Waals surface area contributed by atoms with Gasteiger partial charge < -0.3 is 10.2 Å². The molecule has 1 aliphatic heterocycles. The molecule has 21 heavy (non-hydrogen) atoms. The van der Waals surface area contributed by atoms with Crippen LogP contribution < -0.4 is 5.32 Å². The molecular weight excluding hydrogens is 290 g/mol. The monoisotopic (exact) mass is 309 g/mol. The highest BCUT2D eigenvalue weighted by molar-refractivity contribution is 7.17. The molecule has 0 atom stereocenters. The van der Waals surface area contributed by atoms with E-state index in [1.54, 1.807) is 11.8 Å². The van der Waals surface area contributed by atoms with Gasteiger partial charge in [-0.1, -0.05) is 11.3 Å². The third-order valence-corrected chi connectivity index (χ3v) is 4.56. The number of Topliss-reactive ketones (excluding diaryl/α,β-unsaturated/α-hetero) is 1. The largest absolute Gasteiger partial charge is 0.343 e. The average molecular weight is 309 g/mol. The van der Waals surface area contributed by atoms with Crippen molar-refractivity contribution in [3.8, 4) is 0 Å². The van der Waals surface area contributed by atoms with E-state index in [2.05, 4.69) is 10.3 Å². The van der Waals surface area contributed by atoms with E-state index < -0.39 is 0 Å². The van der Waals surface area contributed by atoms with E-state index in [4.69, 9.17) is 0 Å². The summed E-state index contributed by atoms with van der Waals surface area (Å²) in [5, 5.41) is 3.06. The van der Waals surface area contributed by atoms with Crippen molar-refractivity contribution >= 4 is 34.1 Å². The van der Waals surface area contributed by atoms with E-state index in [1.807, 2.05) is 0 Å². The number of hydrogen-bond donors (Lipinski definition) is 1. The number of nitrogens with one attached hydrogen (secondary N) is 1. The molecule has 2 rings (SSSR count). The number of anilines is 1. The van der Waals surface area contributed by atoms with E-state index in [0.29, 0.717) is 15.7 Å². The normalized spacial score (nSPS) is 14.3. The van der Waals surface area contributed by atoms with Gasteiger partial charge in [-0.05, 0) is 19.8 Å². The molecule has 1 aliphatic rings. The number of carbonyl (C=O) groups excluding carboxylic acids is 3. The molecule has 1 saturated heterocycles. The number of aryl methyl sites for hydroxylation is 1. The Balaban J connectivity index is 1.83. The lowest BCUT2D eigenvalue weighted by Crippen LogP contribution is -2.28. The third kappa shape index (κ3) is 4.10. The molecule has 1 fully saturated rings. The van der Waals surface area contributed by atoms with Gasteiger partial charge >= 0.3 is 0 Å². The summed E-state index contributed by atoms with van der Waals surface area (Å²) in [7, 11) is 0. The van der Waals surface area contributed by atoms with Crippen molar-refractivity contribution in [2.45, 2.75) is 39.5 Å². The van der Waals surface area contributed by atoms with E-state index in [1.165, 1.54) is 18.3 Å². The first-order chi connectivity index (χ1) is 9.97. The van der Waals surface area contributed by atoms with Crippen molar-refractivity contribution in [2.24, 2.45) is 0 Å². The van der Waals surface area contributed by atoms with Crippen molar-refractivity contribution in [3.63, 3.8) is 0 Å². The van der Waals surface area contributed by atoms with E-state index >= 15 is 0 Å². The summed E-state index contributed by atoms with van der Waals surface area (Å²) in [5.74, 6) is -0.275.